The molecule has 17 heavy (non-hydrogen) atoms. The number of ketones is 1. The molecule has 0 amide bonds. The summed E-state index contributed by atoms with van der Waals surface area (Å²) >= 11 is 1.96. The molecular weight excluding hydrogens is 236 g/mol. The predicted octanol–water partition coefficient (Wildman–Crippen LogP) is 2.28. The molecular formula is C13H22O3S. The Kier molecular flexibility index (Phi) is 4.88. The van der Waals surface area contributed by atoms with E-state index in [1.165, 1.54) is 5.75 Å². The van der Waals surface area contributed by atoms with E-state index in [1.807, 2.05) is 11.8 Å². The van der Waals surface area contributed by atoms with Crippen LogP contribution in [0.3, 0.4) is 0 Å². The van der Waals surface area contributed by atoms with Crippen LogP contribution in [0.15, 0.2) is 0 Å². The lowest BCUT2D eigenvalue weighted by Gasteiger charge is -2.37. The van der Waals surface area contributed by atoms with Crippen molar-refractivity contribution in [3.05, 3.63) is 0 Å². The maximum atomic E-state index is 12.1. The van der Waals surface area contributed by atoms with Crippen LogP contribution in [0.2, 0.25) is 0 Å². The molecule has 3 nitrogen and oxygen atoms in total. The van der Waals surface area contributed by atoms with Crippen molar-refractivity contribution in [3.8, 4) is 0 Å². The summed E-state index contributed by atoms with van der Waals surface area (Å²) in [5.74, 6) is 2.92. The van der Waals surface area contributed by atoms with Gasteiger partial charge in [-0.3, -0.25) is 4.79 Å². The molecule has 2 atom stereocenters. The average Bonchev–Trinajstić information content (AvgIpc) is 2.77. The van der Waals surface area contributed by atoms with E-state index < -0.39 is 0 Å². The molecule has 2 aliphatic heterocycles. The van der Waals surface area contributed by atoms with Gasteiger partial charge >= 0.3 is 0 Å². The molecule has 0 aliphatic carbocycles. The Hall–Kier alpha value is -0.0600. The quantitative estimate of drug-likeness (QED) is 0.709. The molecule has 2 rings (SSSR count). The third-order valence-electron chi connectivity index (χ3n) is 3.79. The number of ether oxygens (including phenoxy) is 2. The molecule has 0 aromatic rings. The molecule has 2 saturated heterocycles. The molecule has 0 radical (unpaired) electrons. The van der Waals surface area contributed by atoms with E-state index in [9.17, 15) is 4.79 Å². The third-order valence-corrected chi connectivity index (χ3v) is 5.01. The average molecular weight is 258 g/mol. The van der Waals surface area contributed by atoms with Gasteiger partial charge in [0.05, 0.1) is 5.60 Å². The van der Waals surface area contributed by atoms with E-state index in [0.29, 0.717) is 18.8 Å². The van der Waals surface area contributed by atoms with Gasteiger partial charge in [-0.2, -0.15) is 11.8 Å². The van der Waals surface area contributed by atoms with Gasteiger partial charge in [-0.05, 0) is 31.4 Å². The van der Waals surface area contributed by atoms with Crippen LogP contribution in [0, 0.1) is 5.92 Å². The second-order valence-electron chi connectivity index (χ2n) is 5.09. The van der Waals surface area contributed by atoms with Crippen LogP contribution < -0.4 is 0 Å². The third kappa shape index (κ3) is 3.46. The van der Waals surface area contributed by atoms with Crippen molar-refractivity contribution in [1.29, 1.82) is 0 Å². The van der Waals surface area contributed by atoms with E-state index in [2.05, 4.69) is 0 Å². The Balaban J connectivity index is 1.82. The standard InChI is InChI=1S/C13H22O3S/c1-15-6-2-3-12(14)11-4-7-16-13(9-11)5-8-17-10-13/h11H,2-10H2,1H3. The molecule has 98 valence electrons. The first-order valence-corrected chi connectivity index (χ1v) is 7.65. The van der Waals surface area contributed by atoms with Crippen molar-refractivity contribution >= 4 is 17.5 Å². The van der Waals surface area contributed by atoms with Gasteiger partial charge in [0.25, 0.3) is 0 Å². The SMILES string of the molecule is COCCCC(=O)C1CCOC2(CCSC2)C1. The van der Waals surface area contributed by atoms with Crippen molar-refractivity contribution in [2.75, 3.05) is 31.8 Å². The first-order chi connectivity index (χ1) is 8.26. The fourth-order valence-electron chi connectivity index (χ4n) is 2.76. The van der Waals surface area contributed by atoms with Gasteiger partial charge in [-0.25, -0.2) is 0 Å². The first kappa shape index (κ1) is 13.4. The van der Waals surface area contributed by atoms with Crippen LogP contribution >= 0.6 is 11.8 Å². The molecule has 2 unspecified atom stereocenters. The summed E-state index contributed by atoms with van der Waals surface area (Å²) in [5, 5.41) is 0. The zero-order chi connectivity index (χ0) is 12.1. The second-order valence-corrected chi connectivity index (χ2v) is 6.19. The number of Topliss-reactive ketones (excluding diaryl/α,β-unsaturated/α-hetero) is 1. The number of carbonyl (C=O) groups excluding carboxylic acids is 1. The normalized spacial score (nSPS) is 33.1. The van der Waals surface area contributed by atoms with Crippen LogP contribution in [-0.4, -0.2) is 43.2 Å². The number of hydrogen-bond acceptors (Lipinski definition) is 4. The fraction of sp³-hybridized carbons (Fsp3) is 0.923. The Morgan fingerprint density at radius 3 is 3.18 bits per heavy atom. The van der Waals surface area contributed by atoms with E-state index in [1.54, 1.807) is 7.11 Å². The Labute approximate surface area is 108 Å². The van der Waals surface area contributed by atoms with E-state index in [0.717, 1.165) is 38.0 Å². The van der Waals surface area contributed by atoms with Gasteiger partial charge in [0.2, 0.25) is 0 Å². The summed E-state index contributed by atoms with van der Waals surface area (Å²) < 4.78 is 10.9. The smallest absolute Gasteiger partial charge is 0.136 e. The largest absolute Gasteiger partial charge is 0.385 e. The lowest BCUT2D eigenvalue weighted by Crippen LogP contribution is -2.42. The van der Waals surface area contributed by atoms with Gasteiger partial charge < -0.3 is 9.47 Å². The highest BCUT2D eigenvalue weighted by Crippen LogP contribution is 2.40. The first-order valence-electron chi connectivity index (χ1n) is 6.49. The van der Waals surface area contributed by atoms with Crippen LogP contribution in [-0.2, 0) is 14.3 Å². The molecule has 4 heteroatoms. The van der Waals surface area contributed by atoms with E-state index >= 15 is 0 Å². The van der Waals surface area contributed by atoms with Crippen LogP contribution in [0.1, 0.15) is 32.1 Å². The summed E-state index contributed by atoms with van der Waals surface area (Å²) in [7, 11) is 1.68. The number of thioether (sulfide) groups is 1. The molecule has 0 bridgehead atoms. The van der Waals surface area contributed by atoms with Crippen molar-refractivity contribution < 1.29 is 14.3 Å². The lowest BCUT2D eigenvalue weighted by molar-refractivity contribution is -0.134. The monoisotopic (exact) mass is 258 g/mol. The van der Waals surface area contributed by atoms with Gasteiger partial charge in [0.15, 0.2) is 0 Å². The topological polar surface area (TPSA) is 35.5 Å². The van der Waals surface area contributed by atoms with Crippen LogP contribution in [0.25, 0.3) is 0 Å². The summed E-state index contributed by atoms with van der Waals surface area (Å²) in [5.41, 5.74) is 0.0322. The highest BCUT2D eigenvalue weighted by molar-refractivity contribution is 7.99. The molecule has 0 saturated carbocycles. The molecule has 2 fully saturated rings. The molecule has 0 aromatic heterocycles. The predicted molar refractivity (Wildman–Crippen MR) is 69.5 cm³/mol. The molecule has 1 spiro atoms. The van der Waals surface area contributed by atoms with Crippen molar-refractivity contribution in [1.82, 2.24) is 0 Å². The van der Waals surface area contributed by atoms with Crippen molar-refractivity contribution in [2.45, 2.75) is 37.7 Å². The minimum atomic E-state index is 0.0322. The van der Waals surface area contributed by atoms with Crippen LogP contribution in [0.5, 0.6) is 0 Å². The lowest BCUT2D eigenvalue weighted by atomic mass is 9.82. The molecule has 0 aromatic carbocycles. The Morgan fingerprint density at radius 2 is 2.47 bits per heavy atom. The number of hydrogen-bond donors (Lipinski definition) is 0. The minimum absolute atomic E-state index is 0.0322. The van der Waals surface area contributed by atoms with Crippen LogP contribution in [0.4, 0.5) is 0 Å². The second kappa shape index (κ2) is 6.21. The number of carbonyl (C=O) groups is 1. The van der Waals surface area contributed by atoms with E-state index in [4.69, 9.17) is 9.47 Å². The highest BCUT2D eigenvalue weighted by Gasteiger charge is 2.42. The zero-order valence-corrected chi connectivity index (χ0v) is 11.4. The van der Waals surface area contributed by atoms with Gasteiger partial charge in [0.1, 0.15) is 5.78 Å². The summed E-state index contributed by atoms with van der Waals surface area (Å²) in [4.78, 5) is 12.1. The summed E-state index contributed by atoms with van der Waals surface area (Å²) in [6.07, 6.45) is 4.51. The number of rotatable bonds is 5. The molecule has 2 heterocycles. The van der Waals surface area contributed by atoms with Gasteiger partial charge in [0, 0.05) is 38.4 Å². The number of methoxy groups -OCH3 is 1. The zero-order valence-electron chi connectivity index (χ0n) is 10.6. The molecule has 0 N–H and O–H groups in total. The molecule has 2 aliphatic rings. The minimum Gasteiger partial charge on any atom is -0.385 e. The van der Waals surface area contributed by atoms with E-state index in [-0.39, 0.29) is 11.5 Å². The maximum absolute atomic E-state index is 12.1. The summed E-state index contributed by atoms with van der Waals surface area (Å²) in [6, 6.07) is 0. The Morgan fingerprint density at radius 1 is 1.59 bits per heavy atom. The maximum Gasteiger partial charge on any atom is 0.136 e. The van der Waals surface area contributed by atoms with Crippen molar-refractivity contribution in [2.24, 2.45) is 5.92 Å². The van der Waals surface area contributed by atoms with Gasteiger partial charge in [-0.15, -0.1) is 0 Å². The van der Waals surface area contributed by atoms with Gasteiger partial charge in [-0.1, -0.05) is 0 Å². The van der Waals surface area contributed by atoms with Crippen molar-refractivity contribution in [3.63, 3.8) is 0 Å². The summed E-state index contributed by atoms with van der Waals surface area (Å²) in [6.45, 7) is 1.46. The fourth-order valence-corrected chi connectivity index (χ4v) is 4.14. The Bertz CT molecular complexity index is 261. The highest BCUT2D eigenvalue weighted by atomic mass is 32.2.